The van der Waals surface area contributed by atoms with Crippen LogP contribution in [0.5, 0.6) is 0 Å². The molecule has 4 rings (SSSR count). The molecule has 0 aliphatic carbocycles. The number of aryl methyl sites for hydroxylation is 2. The van der Waals surface area contributed by atoms with E-state index in [1.807, 2.05) is 35.6 Å². The fourth-order valence-corrected chi connectivity index (χ4v) is 4.85. The van der Waals surface area contributed by atoms with Gasteiger partial charge in [0.05, 0.1) is 18.1 Å². The maximum Gasteiger partial charge on any atom is 0.214 e. The van der Waals surface area contributed by atoms with E-state index in [0.29, 0.717) is 12.0 Å². The third kappa shape index (κ3) is 3.16. The Bertz CT molecular complexity index is 832. The molecule has 25 heavy (non-hydrogen) atoms. The number of aromatic nitrogens is 5. The van der Waals surface area contributed by atoms with Crippen LogP contribution >= 0.6 is 11.3 Å². The Hall–Kier alpha value is -1.93. The van der Waals surface area contributed by atoms with Gasteiger partial charge < -0.3 is 4.90 Å². The predicted octanol–water partition coefficient (Wildman–Crippen LogP) is 2.35. The van der Waals surface area contributed by atoms with Crippen LogP contribution < -0.4 is 4.90 Å². The second-order valence-corrected chi connectivity index (χ2v) is 8.08. The smallest absolute Gasteiger partial charge is 0.214 e. The molecule has 7 nitrogen and oxygen atoms in total. The normalized spacial score (nSPS) is 21.9. The van der Waals surface area contributed by atoms with Crippen LogP contribution in [0.1, 0.15) is 30.1 Å². The zero-order chi connectivity index (χ0) is 17.6. The van der Waals surface area contributed by atoms with Crippen molar-refractivity contribution in [1.82, 2.24) is 29.3 Å². The van der Waals surface area contributed by atoms with Gasteiger partial charge in [0, 0.05) is 38.4 Å². The molecule has 0 aromatic carbocycles. The van der Waals surface area contributed by atoms with Gasteiger partial charge in [0.15, 0.2) is 0 Å². The van der Waals surface area contributed by atoms with Crippen molar-refractivity contribution in [3.63, 3.8) is 0 Å². The van der Waals surface area contributed by atoms with Crippen molar-refractivity contribution in [1.29, 1.82) is 0 Å². The fraction of sp³-hybridized carbons (Fsp3) is 0.588. The van der Waals surface area contributed by atoms with Crippen LogP contribution in [0.2, 0.25) is 0 Å². The molecule has 3 aromatic rings. The van der Waals surface area contributed by atoms with Gasteiger partial charge in [-0.1, -0.05) is 11.3 Å². The van der Waals surface area contributed by atoms with Crippen molar-refractivity contribution in [2.24, 2.45) is 13.0 Å². The van der Waals surface area contributed by atoms with Gasteiger partial charge in [0.25, 0.3) is 0 Å². The number of imidazole rings is 1. The van der Waals surface area contributed by atoms with Gasteiger partial charge in [-0.3, -0.25) is 9.58 Å². The SMILES string of the molecule is Cc1cn2nc(N(C)C[C@@H]3CCCN(C)[C@H]3c3cnn(C)c3)sc2n1. The summed E-state index contributed by atoms with van der Waals surface area (Å²) in [5, 5.41) is 10.1. The highest BCUT2D eigenvalue weighted by molar-refractivity contribution is 7.20. The summed E-state index contributed by atoms with van der Waals surface area (Å²) in [6.45, 7) is 4.13. The zero-order valence-electron chi connectivity index (χ0n) is 15.3. The standard InChI is InChI=1S/C17H25N7S/c1-12-9-24-16(19-12)25-17(20-24)22(3)10-13-6-5-7-21(2)15(13)14-8-18-23(4)11-14/h8-9,11,13,15H,5-7,10H2,1-4H3/t13-,15+/m0/s1. The molecule has 1 fully saturated rings. The van der Waals surface area contributed by atoms with Crippen molar-refractivity contribution in [2.75, 3.05) is 32.1 Å². The Labute approximate surface area is 151 Å². The molecule has 0 N–H and O–H groups in total. The molecule has 1 saturated heterocycles. The quantitative estimate of drug-likeness (QED) is 0.716. The van der Waals surface area contributed by atoms with Gasteiger partial charge in [-0.2, -0.15) is 5.10 Å². The van der Waals surface area contributed by atoms with Gasteiger partial charge in [0.1, 0.15) is 0 Å². The molecule has 134 valence electrons. The minimum absolute atomic E-state index is 0.413. The van der Waals surface area contributed by atoms with E-state index < -0.39 is 0 Å². The Balaban J connectivity index is 1.55. The van der Waals surface area contributed by atoms with Crippen molar-refractivity contribution in [2.45, 2.75) is 25.8 Å². The molecule has 0 bridgehead atoms. The van der Waals surface area contributed by atoms with Crippen molar-refractivity contribution in [3.05, 3.63) is 29.8 Å². The molecule has 0 radical (unpaired) electrons. The monoisotopic (exact) mass is 359 g/mol. The number of likely N-dealkylation sites (tertiary alicyclic amines) is 1. The van der Waals surface area contributed by atoms with E-state index in [1.54, 1.807) is 11.3 Å². The lowest BCUT2D eigenvalue weighted by atomic mass is 9.86. The average Bonchev–Trinajstić information content (AvgIpc) is 3.22. The third-order valence-electron chi connectivity index (χ3n) is 5.06. The zero-order valence-corrected chi connectivity index (χ0v) is 16.1. The Morgan fingerprint density at radius 3 is 2.88 bits per heavy atom. The molecule has 3 aromatic heterocycles. The number of piperidine rings is 1. The lowest BCUT2D eigenvalue weighted by Crippen LogP contribution is -2.41. The lowest BCUT2D eigenvalue weighted by molar-refractivity contribution is 0.124. The van der Waals surface area contributed by atoms with Crippen LogP contribution in [-0.4, -0.2) is 56.5 Å². The average molecular weight is 360 g/mol. The number of hydrogen-bond donors (Lipinski definition) is 0. The Morgan fingerprint density at radius 1 is 1.32 bits per heavy atom. The van der Waals surface area contributed by atoms with Gasteiger partial charge in [0.2, 0.25) is 10.1 Å². The summed E-state index contributed by atoms with van der Waals surface area (Å²) >= 11 is 1.65. The molecule has 8 heteroatoms. The first kappa shape index (κ1) is 16.5. The molecule has 0 spiro atoms. The maximum absolute atomic E-state index is 4.69. The van der Waals surface area contributed by atoms with Crippen LogP contribution in [0, 0.1) is 12.8 Å². The lowest BCUT2D eigenvalue weighted by Gasteiger charge is -2.40. The first-order chi connectivity index (χ1) is 12.0. The molecule has 0 amide bonds. The summed E-state index contributed by atoms with van der Waals surface area (Å²) < 4.78 is 3.79. The van der Waals surface area contributed by atoms with Crippen LogP contribution in [0.4, 0.5) is 5.13 Å². The van der Waals surface area contributed by atoms with Crippen molar-refractivity contribution < 1.29 is 0 Å². The highest BCUT2D eigenvalue weighted by atomic mass is 32.1. The molecule has 2 atom stereocenters. The Kier molecular flexibility index (Phi) is 4.24. The second-order valence-electron chi connectivity index (χ2n) is 7.15. The van der Waals surface area contributed by atoms with E-state index in [-0.39, 0.29) is 0 Å². The molecule has 0 unspecified atom stereocenters. The van der Waals surface area contributed by atoms with Gasteiger partial charge >= 0.3 is 0 Å². The summed E-state index contributed by atoms with van der Waals surface area (Å²) in [5.74, 6) is 0.561. The topological polar surface area (TPSA) is 54.5 Å². The first-order valence-corrected chi connectivity index (χ1v) is 9.55. The van der Waals surface area contributed by atoms with Crippen LogP contribution in [0.25, 0.3) is 4.96 Å². The molecule has 1 aliphatic rings. The van der Waals surface area contributed by atoms with Crippen molar-refractivity contribution in [3.8, 4) is 0 Å². The summed E-state index contributed by atoms with van der Waals surface area (Å²) in [6.07, 6.45) is 8.62. The predicted molar refractivity (Wildman–Crippen MR) is 100 cm³/mol. The van der Waals surface area contributed by atoms with Gasteiger partial charge in [-0.05, 0) is 39.3 Å². The highest BCUT2D eigenvalue weighted by Gasteiger charge is 2.32. The van der Waals surface area contributed by atoms with Crippen LogP contribution in [-0.2, 0) is 7.05 Å². The highest BCUT2D eigenvalue weighted by Crippen LogP contribution is 2.36. The van der Waals surface area contributed by atoms with Gasteiger partial charge in [-0.25, -0.2) is 9.50 Å². The van der Waals surface area contributed by atoms with Gasteiger partial charge in [-0.15, -0.1) is 5.10 Å². The minimum atomic E-state index is 0.413. The maximum atomic E-state index is 4.69. The third-order valence-corrected chi connectivity index (χ3v) is 6.10. The molecule has 0 saturated carbocycles. The van der Waals surface area contributed by atoms with Crippen LogP contribution in [0.3, 0.4) is 0 Å². The first-order valence-electron chi connectivity index (χ1n) is 8.74. The molecule has 4 heterocycles. The fourth-order valence-electron chi connectivity index (χ4n) is 3.95. The summed E-state index contributed by atoms with van der Waals surface area (Å²) in [5.41, 5.74) is 2.33. The van der Waals surface area contributed by atoms with E-state index in [1.165, 1.54) is 18.4 Å². The second kappa shape index (κ2) is 6.42. The minimum Gasteiger partial charge on any atom is -0.349 e. The number of rotatable bonds is 4. The Morgan fingerprint density at radius 2 is 2.16 bits per heavy atom. The van der Waals surface area contributed by atoms with E-state index in [4.69, 9.17) is 0 Å². The van der Waals surface area contributed by atoms with Crippen LogP contribution in [0.15, 0.2) is 18.6 Å². The van der Waals surface area contributed by atoms with Crippen molar-refractivity contribution >= 4 is 21.4 Å². The number of nitrogens with zero attached hydrogens (tertiary/aromatic N) is 7. The summed E-state index contributed by atoms with van der Waals surface area (Å²) in [6, 6.07) is 0.413. The van der Waals surface area contributed by atoms with E-state index in [9.17, 15) is 0 Å². The molecule has 1 aliphatic heterocycles. The molecular weight excluding hydrogens is 334 g/mol. The number of hydrogen-bond acceptors (Lipinski definition) is 6. The summed E-state index contributed by atoms with van der Waals surface area (Å²) in [7, 11) is 6.35. The van der Waals surface area contributed by atoms with E-state index >= 15 is 0 Å². The summed E-state index contributed by atoms with van der Waals surface area (Å²) in [4.78, 5) is 10.2. The molecular formula is C17H25N7S. The number of fused-ring (bicyclic) bond motifs is 1. The van der Waals surface area contributed by atoms with E-state index in [2.05, 4.69) is 45.3 Å². The largest absolute Gasteiger partial charge is 0.349 e. The van der Waals surface area contributed by atoms with E-state index in [0.717, 1.165) is 28.9 Å². The number of anilines is 1.